The first kappa shape index (κ1) is 15.8. The lowest BCUT2D eigenvalue weighted by atomic mass is 10.1. The van der Waals surface area contributed by atoms with Crippen molar-refractivity contribution in [3.05, 3.63) is 23.4 Å². The number of carboxylic acid groups (broad SMARTS) is 1. The highest BCUT2D eigenvalue weighted by Crippen LogP contribution is 2.52. The molecule has 1 N–H and O–H groups in total. The molecule has 1 aliphatic rings. The van der Waals surface area contributed by atoms with Crippen molar-refractivity contribution in [1.29, 1.82) is 0 Å². The Morgan fingerprint density at radius 2 is 2.14 bits per heavy atom. The van der Waals surface area contributed by atoms with E-state index in [-0.39, 0.29) is 16.9 Å². The maximum Gasteiger partial charge on any atom is 0.335 e. The molecule has 0 spiro atoms. The fourth-order valence-corrected chi connectivity index (χ4v) is 3.33. The van der Waals surface area contributed by atoms with Crippen LogP contribution in [0.4, 0.5) is 0 Å². The first-order valence-corrected chi connectivity index (χ1v) is 7.90. The monoisotopic (exact) mass is 309 g/mol. The molecular weight excluding hydrogens is 290 g/mol. The molecule has 1 aromatic heterocycles. The number of pyridine rings is 1. The van der Waals surface area contributed by atoms with Gasteiger partial charge in [0.15, 0.2) is 0 Å². The topological polar surface area (TPSA) is 76.5 Å². The number of nitrogens with zero attached hydrogens (tertiary/aromatic N) is 1. The van der Waals surface area contributed by atoms with Gasteiger partial charge in [0.1, 0.15) is 0 Å². The average molecular weight is 309 g/mol. The van der Waals surface area contributed by atoms with E-state index in [0.29, 0.717) is 17.9 Å². The molecule has 1 aromatic rings. The molecule has 1 fully saturated rings. The van der Waals surface area contributed by atoms with Crippen molar-refractivity contribution in [3.8, 4) is 0 Å². The number of aromatic nitrogens is 1. The van der Waals surface area contributed by atoms with E-state index in [1.807, 2.05) is 6.92 Å². The van der Waals surface area contributed by atoms with E-state index >= 15 is 0 Å². The van der Waals surface area contributed by atoms with Crippen LogP contribution in [0, 0.1) is 5.41 Å². The Kier molecular flexibility index (Phi) is 4.88. The van der Waals surface area contributed by atoms with Gasteiger partial charge in [-0.05, 0) is 36.8 Å². The lowest BCUT2D eigenvalue weighted by Gasteiger charge is -2.13. The molecule has 0 aliphatic heterocycles. The number of hydrogen-bond donors (Lipinski definition) is 1. The minimum Gasteiger partial charge on any atom is -0.478 e. The Labute approximate surface area is 128 Å². The number of hydrogen-bond acceptors (Lipinski definition) is 5. The standard InChI is InChI=1S/C15H19NO4S/c1-3-11-6-10(14(18)19)7-12(16-11)21-9-15(4-5-15)8-13(17)20-2/h6-7H,3-5,8-9H2,1-2H3,(H,18,19). The van der Waals surface area contributed by atoms with Crippen molar-refractivity contribution >= 4 is 23.7 Å². The summed E-state index contributed by atoms with van der Waals surface area (Å²) < 4.78 is 4.72. The van der Waals surface area contributed by atoms with Crippen LogP contribution in [0.25, 0.3) is 0 Å². The zero-order valence-electron chi connectivity index (χ0n) is 12.2. The van der Waals surface area contributed by atoms with E-state index in [4.69, 9.17) is 9.84 Å². The molecular formula is C15H19NO4S. The van der Waals surface area contributed by atoms with Crippen molar-refractivity contribution < 1.29 is 19.4 Å². The summed E-state index contributed by atoms with van der Waals surface area (Å²) in [4.78, 5) is 27.0. The third-order valence-electron chi connectivity index (χ3n) is 3.69. The summed E-state index contributed by atoms with van der Waals surface area (Å²) in [5.41, 5.74) is 1.04. The minimum atomic E-state index is -0.940. The normalized spacial score (nSPS) is 15.5. The molecule has 1 aliphatic carbocycles. The molecule has 0 atom stereocenters. The Balaban J connectivity index is 2.04. The molecule has 0 saturated heterocycles. The number of thioether (sulfide) groups is 1. The molecule has 1 saturated carbocycles. The summed E-state index contributed by atoms with van der Waals surface area (Å²) >= 11 is 1.52. The van der Waals surface area contributed by atoms with Gasteiger partial charge in [-0.2, -0.15) is 0 Å². The van der Waals surface area contributed by atoms with Crippen molar-refractivity contribution in [2.45, 2.75) is 37.6 Å². The highest BCUT2D eigenvalue weighted by Gasteiger charge is 2.44. The molecule has 0 radical (unpaired) electrons. The van der Waals surface area contributed by atoms with E-state index < -0.39 is 5.97 Å². The number of esters is 1. The van der Waals surface area contributed by atoms with Crippen LogP contribution in [-0.4, -0.2) is 34.9 Å². The van der Waals surface area contributed by atoms with Crippen LogP contribution in [0.1, 0.15) is 42.2 Å². The van der Waals surface area contributed by atoms with E-state index in [1.54, 1.807) is 12.1 Å². The lowest BCUT2D eigenvalue weighted by Crippen LogP contribution is -2.13. The highest BCUT2D eigenvalue weighted by molar-refractivity contribution is 7.99. The van der Waals surface area contributed by atoms with Crippen LogP contribution in [0.2, 0.25) is 0 Å². The number of methoxy groups -OCH3 is 1. The molecule has 2 rings (SSSR count). The summed E-state index contributed by atoms with van der Waals surface area (Å²) in [5.74, 6) is -0.360. The molecule has 21 heavy (non-hydrogen) atoms. The first-order chi connectivity index (χ1) is 9.98. The third kappa shape index (κ3) is 4.20. The predicted octanol–water partition coefficient (Wildman–Crippen LogP) is 2.78. The molecule has 0 bridgehead atoms. The number of rotatable bonds is 7. The molecule has 0 unspecified atom stereocenters. The van der Waals surface area contributed by atoms with E-state index in [2.05, 4.69) is 4.98 Å². The van der Waals surface area contributed by atoms with Gasteiger partial charge >= 0.3 is 11.9 Å². The Hall–Kier alpha value is -1.56. The van der Waals surface area contributed by atoms with Gasteiger partial charge in [-0.1, -0.05) is 6.92 Å². The third-order valence-corrected chi connectivity index (χ3v) is 4.96. The van der Waals surface area contributed by atoms with Crippen LogP contribution in [0.5, 0.6) is 0 Å². The maximum atomic E-state index is 11.4. The number of aryl methyl sites for hydroxylation is 1. The first-order valence-electron chi connectivity index (χ1n) is 6.92. The summed E-state index contributed by atoms with van der Waals surface area (Å²) in [6.07, 6.45) is 3.14. The van der Waals surface area contributed by atoms with Crippen molar-refractivity contribution in [1.82, 2.24) is 4.98 Å². The summed E-state index contributed by atoms with van der Waals surface area (Å²) in [5, 5.41) is 9.83. The van der Waals surface area contributed by atoms with Gasteiger partial charge in [0.2, 0.25) is 0 Å². The maximum absolute atomic E-state index is 11.4. The minimum absolute atomic E-state index is 0.00501. The van der Waals surface area contributed by atoms with Gasteiger partial charge in [0.05, 0.1) is 24.1 Å². The summed E-state index contributed by atoms with van der Waals surface area (Å²) in [6, 6.07) is 3.20. The molecule has 0 aromatic carbocycles. The number of ether oxygens (including phenoxy) is 1. The second-order valence-electron chi connectivity index (χ2n) is 5.39. The van der Waals surface area contributed by atoms with E-state index in [1.165, 1.54) is 18.9 Å². The highest BCUT2D eigenvalue weighted by atomic mass is 32.2. The molecule has 1 heterocycles. The fourth-order valence-electron chi connectivity index (χ4n) is 2.09. The molecule has 0 amide bonds. The van der Waals surface area contributed by atoms with Gasteiger partial charge < -0.3 is 9.84 Å². The lowest BCUT2D eigenvalue weighted by molar-refractivity contribution is -0.141. The fraction of sp³-hybridized carbons (Fsp3) is 0.533. The number of carboxylic acids is 1. The van der Waals surface area contributed by atoms with Crippen molar-refractivity contribution in [2.24, 2.45) is 5.41 Å². The van der Waals surface area contributed by atoms with Crippen LogP contribution >= 0.6 is 11.8 Å². The van der Waals surface area contributed by atoms with Gasteiger partial charge in [0, 0.05) is 11.4 Å². The van der Waals surface area contributed by atoms with Crippen LogP contribution < -0.4 is 0 Å². The quantitative estimate of drug-likeness (QED) is 0.616. The second-order valence-corrected chi connectivity index (χ2v) is 6.38. The van der Waals surface area contributed by atoms with Gasteiger partial charge in [-0.3, -0.25) is 4.79 Å². The smallest absolute Gasteiger partial charge is 0.335 e. The Morgan fingerprint density at radius 3 is 2.67 bits per heavy atom. The van der Waals surface area contributed by atoms with Crippen LogP contribution in [0.3, 0.4) is 0 Å². The number of carbonyl (C=O) groups excluding carboxylic acids is 1. The van der Waals surface area contributed by atoms with Crippen molar-refractivity contribution in [2.75, 3.05) is 12.9 Å². The summed E-state index contributed by atoms with van der Waals surface area (Å²) in [6.45, 7) is 1.95. The van der Waals surface area contributed by atoms with Gasteiger partial charge in [-0.15, -0.1) is 11.8 Å². The van der Waals surface area contributed by atoms with Crippen molar-refractivity contribution in [3.63, 3.8) is 0 Å². The number of carbonyl (C=O) groups is 2. The van der Waals surface area contributed by atoms with Crippen LogP contribution in [0.15, 0.2) is 17.2 Å². The summed E-state index contributed by atoms with van der Waals surface area (Å²) in [7, 11) is 1.40. The van der Waals surface area contributed by atoms with E-state index in [9.17, 15) is 9.59 Å². The predicted molar refractivity (Wildman–Crippen MR) is 79.6 cm³/mol. The Morgan fingerprint density at radius 1 is 1.43 bits per heavy atom. The van der Waals surface area contributed by atoms with Gasteiger partial charge in [0.25, 0.3) is 0 Å². The van der Waals surface area contributed by atoms with Gasteiger partial charge in [-0.25, -0.2) is 9.78 Å². The SMILES string of the molecule is CCc1cc(C(=O)O)cc(SCC2(CC(=O)OC)CC2)n1. The largest absolute Gasteiger partial charge is 0.478 e. The van der Waals surface area contributed by atoms with E-state index in [0.717, 1.165) is 24.3 Å². The van der Waals surface area contributed by atoms with Crippen LogP contribution in [-0.2, 0) is 16.0 Å². The molecule has 6 heteroatoms. The zero-order valence-corrected chi connectivity index (χ0v) is 13.0. The Bertz CT molecular complexity index is 555. The average Bonchev–Trinajstić information content (AvgIpc) is 3.24. The second kappa shape index (κ2) is 6.47. The molecule has 114 valence electrons. The number of aromatic carboxylic acids is 1. The molecule has 5 nitrogen and oxygen atoms in total. The zero-order chi connectivity index (χ0) is 15.5.